The van der Waals surface area contributed by atoms with Crippen LogP contribution in [0, 0.1) is 19.3 Å². The Balaban J connectivity index is 1.68. The maximum absolute atomic E-state index is 13.4. The summed E-state index contributed by atoms with van der Waals surface area (Å²) in [5.74, 6) is 0.116. The van der Waals surface area contributed by atoms with Crippen molar-refractivity contribution in [3.63, 3.8) is 0 Å². The predicted molar refractivity (Wildman–Crippen MR) is 117 cm³/mol. The van der Waals surface area contributed by atoms with Crippen molar-refractivity contribution in [1.82, 2.24) is 4.90 Å². The largest absolute Gasteiger partial charge is 0.294 e. The van der Waals surface area contributed by atoms with Crippen LogP contribution in [0.3, 0.4) is 0 Å². The third-order valence-corrected chi connectivity index (χ3v) is 6.02. The number of hydrogen-bond donors (Lipinski definition) is 0. The minimum absolute atomic E-state index is 0.116. The van der Waals surface area contributed by atoms with Gasteiger partial charge in [-0.15, -0.1) is 0 Å². The first-order valence-electron chi connectivity index (χ1n) is 10.3. The third kappa shape index (κ3) is 3.64. The normalized spacial score (nSPS) is 20.6. The molecule has 28 heavy (non-hydrogen) atoms. The highest BCUT2D eigenvalue weighted by Crippen LogP contribution is 2.39. The fraction of sp³-hybridized carbons (Fsp3) is 0.400. The number of carbonyl (C=O) groups is 1. The molecule has 0 N–H and O–H groups in total. The van der Waals surface area contributed by atoms with Crippen LogP contribution in [-0.2, 0) is 4.79 Å². The van der Waals surface area contributed by atoms with E-state index < -0.39 is 0 Å². The highest BCUT2D eigenvalue weighted by molar-refractivity contribution is 6.35. The van der Waals surface area contributed by atoms with Crippen molar-refractivity contribution >= 4 is 23.2 Å². The number of anilines is 1. The van der Waals surface area contributed by atoms with E-state index in [-0.39, 0.29) is 5.91 Å². The Bertz CT molecular complexity index is 941. The number of likely N-dealkylation sites (tertiary alicyclic amines) is 1. The van der Waals surface area contributed by atoms with E-state index in [9.17, 15) is 4.79 Å². The number of nitrogens with zero attached hydrogens (tertiary/aromatic N) is 2. The summed E-state index contributed by atoms with van der Waals surface area (Å²) >= 11 is 0. The number of fused-ring (bicyclic) bond motifs is 1. The number of piperidine rings is 1. The maximum atomic E-state index is 13.4. The van der Waals surface area contributed by atoms with Gasteiger partial charge in [0, 0.05) is 17.7 Å². The molecule has 1 amide bonds. The molecule has 0 saturated carbocycles. The van der Waals surface area contributed by atoms with Crippen LogP contribution in [0.4, 0.5) is 5.69 Å². The molecule has 3 heteroatoms. The topological polar surface area (TPSA) is 23.6 Å². The third-order valence-electron chi connectivity index (χ3n) is 6.02. The Labute approximate surface area is 168 Å². The first-order valence-corrected chi connectivity index (χ1v) is 10.3. The molecule has 146 valence electrons. The lowest BCUT2D eigenvalue weighted by atomic mass is 9.84. The lowest BCUT2D eigenvalue weighted by molar-refractivity contribution is -0.113. The van der Waals surface area contributed by atoms with Crippen molar-refractivity contribution < 1.29 is 4.79 Å². The molecule has 0 unspecified atom stereocenters. The molecule has 2 aromatic carbocycles. The van der Waals surface area contributed by atoms with E-state index in [1.54, 1.807) is 0 Å². The Kier molecular flexibility index (Phi) is 4.88. The molecule has 2 aromatic rings. The first-order chi connectivity index (χ1) is 13.3. The van der Waals surface area contributed by atoms with E-state index in [0.717, 1.165) is 35.5 Å². The second kappa shape index (κ2) is 7.21. The van der Waals surface area contributed by atoms with Gasteiger partial charge in [0.25, 0.3) is 5.91 Å². The molecule has 0 aliphatic carbocycles. The standard InChI is InChI=1S/C25H30N2O/c1-18-10-11-19(2)20(14-18)15-22-21-8-5-6-9-23(21)27(24(22)28)17-26-13-7-12-25(3,4)16-26/h5-6,8-11,14-15H,7,12-13,16-17H2,1-4H3/b22-15-. The van der Waals surface area contributed by atoms with Gasteiger partial charge < -0.3 is 0 Å². The number of rotatable bonds is 3. The first kappa shape index (κ1) is 18.9. The van der Waals surface area contributed by atoms with Crippen molar-refractivity contribution in [2.24, 2.45) is 5.41 Å². The van der Waals surface area contributed by atoms with Crippen LogP contribution >= 0.6 is 0 Å². The summed E-state index contributed by atoms with van der Waals surface area (Å²) < 4.78 is 0. The maximum Gasteiger partial charge on any atom is 0.260 e. The number of para-hydroxylation sites is 1. The summed E-state index contributed by atoms with van der Waals surface area (Å²) in [6.45, 7) is 11.6. The molecule has 1 fully saturated rings. The molecule has 0 bridgehead atoms. The number of amides is 1. The Morgan fingerprint density at radius 3 is 2.68 bits per heavy atom. The highest BCUT2D eigenvalue weighted by Gasteiger charge is 2.35. The zero-order valence-corrected chi connectivity index (χ0v) is 17.5. The quantitative estimate of drug-likeness (QED) is 0.683. The van der Waals surface area contributed by atoms with Gasteiger partial charge in [-0.05, 0) is 61.9 Å². The highest BCUT2D eigenvalue weighted by atomic mass is 16.2. The summed E-state index contributed by atoms with van der Waals surface area (Å²) in [5, 5.41) is 0. The molecule has 0 aromatic heterocycles. The molecule has 4 rings (SSSR count). The van der Waals surface area contributed by atoms with Gasteiger partial charge in [0.05, 0.1) is 12.4 Å². The minimum Gasteiger partial charge on any atom is -0.294 e. The van der Waals surface area contributed by atoms with Crippen molar-refractivity contribution in [2.75, 3.05) is 24.7 Å². The van der Waals surface area contributed by atoms with E-state index in [4.69, 9.17) is 0 Å². The predicted octanol–water partition coefficient (Wildman–Crippen LogP) is 5.27. The zero-order chi connectivity index (χ0) is 19.9. The Morgan fingerprint density at radius 1 is 1.11 bits per heavy atom. The van der Waals surface area contributed by atoms with Crippen molar-refractivity contribution in [2.45, 2.75) is 40.5 Å². The van der Waals surface area contributed by atoms with Gasteiger partial charge in [-0.1, -0.05) is 55.8 Å². The van der Waals surface area contributed by atoms with Crippen LogP contribution in [0.15, 0.2) is 42.5 Å². The smallest absolute Gasteiger partial charge is 0.260 e. The molecular formula is C25H30N2O. The number of aryl methyl sites for hydroxylation is 2. The van der Waals surface area contributed by atoms with Crippen LogP contribution in [0.1, 0.15) is 48.9 Å². The SMILES string of the molecule is Cc1ccc(C)c(/C=C2\C(=O)N(CN3CCCC(C)(C)C3)c3ccccc32)c1. The number of carbonyl (C=O) groups excluding carboxylic acids is 1. The average Bonchev–Trinajstić information content (AvgIpc) is 2.90. The van der Waals surface area contributed by atoms with E-state index in [0.29, 0.717) is 12.1 Å². The minimum atomic E-state index is 0.116. The molecule has 0 atom stereocenters. The van der Waals surface area contributed by atoms with E-state index >= 15 is 0 Å². The van der Waals surface area contributed by atoms with Crippen LogP contribution in [0.2, 0.25) is 0 Å². The van der Waals surface area contributed by atoms with Gasteiger partial charge in [0.1, 0.15) is 0 Å². The lowest BCUT2D eigenvalue weighted by Crippen LogP contribution is -2.46. The summed E-state index contributed by atoms with van der Waals surface area (Å²) in [5.41, 5.74) is 6.73. The van der Waals surface area contributed by atoms with E-state index in [1.807, 2.05) is 17.0 Å². The zero-order valence-electron chi connectivity index (χ0n) is 17.5. The number of hydrogen-bond acceptors (Lipinski definition) is 2. The van der Waals surface area contributed by atoms with Gasteiger partial charge in [-0.2, -0.15) is 0 Å². The fourth-order valence-corrected chi connectivity index (χ4v) is 4.52. The van der Waals surface area contributed by atoms with Crippen LogP contribution in [0.5, 0.6) is 0 Å². The van der Waals surface area contributed by atoms with Crippen LogP contribution < -0.4 is 4.90 Å². The van der Waals surface area contributed by atoms with Crippen LogP contribution in [0.25, 0.3) is 11.6 Å². The second-order valence-corrected chi connectivity index (χ2v) is 9.13. The molecule has 2 heterocycles. The lowest BCUT2D eigenvalue weighted by Gasteiger charge is -2.39. The molecule has 2 aliphatic rings. The number of benzene rings is 2. The Hall–Kier alpha value is -2.39. The average molecular weight is 375 g/mol. The van der Waals surface area contributed by atoms with Gasteiger partial charge in [-0.3, -0.25) is 14.6 Å². The van der Waals surface area contributed by atoms with Gasteiger partial charge in [0.2, 0.25) is 0 Å². The Morgan fingerprint density at radius 2 is 1.89 bits per heavy atom. The van der Waals surface area contributed by atoms with Gasteiger partial charge in [-0.25, -0.2) is 0 Å². The summed E-state index contributed by atoms with van der Waals surface area (Å²) in [7, 11) is 0. The van der Waals surface area contributed by atoms with E-state index in [2.05, 4.69) is 69.0 Å². The summed E-state index contributed by atoms with van der Waals surface area (Å²) in [6.07, 6.45) is 4.53. The molecular weight excluding hydrogens is 344 g/mol. The molecule has 0 spiro atoms. The van der Waals surface area contributed by atoms with E-state index in [1.165, 1.54) is 24.0 Å². The van der Waals surface area contributed by atoms with Crippen molar-refractivity contribution in [3.05, 3.63) is 64.7 Å². The second-order valence-electron chi connectivity index (χ2n) is 9.13. The van der Waals surface area contributed by atoms with Gasteiger partial charge in [0.15, 0.2) is 0 Å². The molecule has 0 radical (unpaired) electrons. The monoisotopic (exact) mass is 374 g/mol. The molecule has 3 nitrogen and oxygen atoms in total. The summed E-state index contributed by atoms with van der Waals surface area (Å²) in [6, 6.07) is 14.6. The fourth-order valence-electron chi connectivity index (χ4n) is 4.52. The molecule has 2 aliphatic heterocycles. The van der Waals surface area contributed by atoms with Gasteiger partial charge >= 0.3 is 0 Å². The summed E-state index contributed by atoms with van der Waals surface area (Å²) in [4.78, 5) is 17.8. The van der Waals surface area contributed by atoms with Crippen molar-refractivity contribution in [3.8, 4) is 0 Å². The van der Waals surface area contributed by atoms with Crippen LogP contribution in [-0.4, -0.2) is 30.6 Å². The molecule has 1 saturated heterocycles. The van der Waals surface area contributed by atoms with Crippen molar-refractivity contribution in [1.29, 1.82) is 0 Å².